The van der Waals surface area contributed by atoms with Crippen LogP contribution in [0.1, 0.15) is 12.7 Å². The van der Waals surface area contributed by atoms with Crippen LogP contribution >= 0.6 is 0 Å². The van der Waals surface area contributed by atoms with Gasteiger partial charge in [0.25, 0.3) is 0 Å². The summed E-state index contributed by atoms with van der Waals surface area (Å²) in [5.41, 5.74) is 13.3. The fourth-order valence-electron chi connectivity index (χ4n) is 1.80. The summed E-state index contributed by atoms with van der Waals surface area (Å²) in [5, 5.41) is 0. The molecular formula is C11H14N4O. The lowest BCUT2D eigenvalue weighted by Gasteiger charge is -2.04. The number of nitrogens with zero attached hydrogens (tertiary/aromatic N) is 2. The van der Waals surface area contributed by atoms with Crippen molar-refractivity contribution in [2.24, 2.45) is 5.73 Å². The van der Waals surface area contributed by atoms with Crippen molar-refractivity contribution in [3.63, 3.8) is 0 Å². The van der Waals surface area contributed by atoms with E-state index in [1.165, 1.54) is 0 Å². The number of hydrogen-bond acceptors (Lipinski definition) is 3. The maximum Gasteiger partial charge on any atom is 0.237 e. The van der Waals surface area contributed by atoms with Gasteiger partial charge < -0.3 is 16.0 Å². The number of nitrogens with two attached hydrogens (primary N) is 2. The summed E-state index contributed by atoms with van der Waals surface area (Å²) in [6.07, 6.45) is 0.752. The maximum absolute atomic E-state index is 11.0. The van der Waals surface area contributed by atoms with Gasteiger partial charge in [-0.2, -0.15) is 0 Å². The molecule has 5 nitrogen and oxygen atoms in total. The van der Waals surface area contributed by atoms with Crippen LogP contribution in [-0.4, -0.2) is 15.5 Å². The van der Waals surface area contributed by atoms with E-state index in [2.05, 4.69) is 4.98 Å². The lowest BCUT2D eigenvalue weighted by atomic mass is 10.3. The number of amides is 1. The third-order valence-electron chi connectivity index (χ3n) is 2.48. The molecule has 0 fully saturated rings. The molecule has 0 unspecified atom stereocenters. The Labute approximate surface area is 93.1 Å². The van der Waals surface area contributed by atoms with Crippen LogP contribution in [0.25, 0.3) is 11.0 Å². The summed E-state index contributed by atoms with van der Waals surface area (Å²) in [5.74, 6) is 0.477. The Kier molecular flexibility index (Phi) is 2.52. The van der Waals surface area contributed by atoms with E-state index in [1.54, 1.807) is 12.1 Å². The number of fused-ring (bicyclic) bond motifs is 1. The summed E-state index contributed by atoms with van der Waals surface area (Å²) in [6, 6.07) is 5.45. The molecule has 0 radical (unpaired) electrons. The van der Waals surface area contributed by atoms with Crippen molar-refractivity contribution in [3.8, 4) is 0 Å². The molecule has 0 saturated heterocycles. The van der Waals surface area contributed by atoms with Crippen LogP contribution < -0.4 is 11.5 Å². The van der Waals surface area contributed by atoms with Crippen LogP contribution in [0, 0.1) is 0 Å². The first kappa shape index (κ1) is 10.5. The summed E-state index contributed by atoms with van der Waals surface area (Å²) >= 11 is 0. The summed E-state index contributed by atoms with van der Waals surface area (Å²) in [4.78, 5) is 15.4. The van der Waals surface area contributed by atoms with Gasteiger partial charge in [-0.15, -0.1) is 0 Å². The quantitative estimate of drug-likeness (QED) is 0.742. The summed E-state index contributed by atoms with van der Waals surface area (Å²) in [7, 11) is 0. The van der Waals surface area contributed by atoms with Gasteiger partial charge in [0, 0.05) is 12.1 Å². The lowest BCUT2D eigenvalue weighted by molar-refractivity contribution is -0.118. The second-order valence-electron chi connectivity index (χ2n) is 3.68. The highest BCUT2D eigenvalue weighted by Gasteiger charge is 2.10. The SMILES string of the molecule is CCc1nc2cc(N)ccc2n1CC(N)=O. The number of anilines is 1. The van der Waals surface area contributed by atoms with Gasteiger partial charge in [-0.25, -0.2) is 4.98 Å². The Hall–Kier alpha value is -2.04. The monoisotopic (exact) mass is 218 g/mol. The minimum Gasteiger partial charge on any atom is -0.399 e. The van der Waals surface area contributed by atoms with Gasteiger partial charge in [0.15, 0.2) is 0 Å². The Bertz CT molecular complexity index is 544. The first-order chi connectivity index (χ1) is 7.61. The van der Waals surface area contributed by atoms with E-state index in [-0.39, 0.29) is 12.5 Å². The second kappa shape index (κ2) is 3.84. The number of rotatable bonds is 3. The van der Waals surface area contributed by atoms with E-state index in [1.807, 2.05) is 17.6 Å². The molecular weight excluding hydrogens is 204 g/mol. The number of carbonyl (C=O) groups excluding carboxylic acids is 1. The van der Waals surface area contributed by atoms with Gasteiger partial charge >= 0.3 is 0 Å². The maximum atomic E-state index is 11.0. The standard InChI is InChI=1S/C11H14N4O/c1-2-11-14-8-5-7(12)3-4-9(8)15(11)6-10(13)16/h3-5H,2,6,12H2,1H3,(H2,13,16). The first-order valence-electron chi connectivity index (χ1n) is 5.14. The van der Waals surface area contributed by atoms with Crippen LogP contribution in [0.3, 0.4) is 0 Å². The van der Waals surface area contributed by atoms with Crippen molar-refractivity contribution in [2.75, 3.05) is 5.73 Å². The number of aryl methyl sites for hydroxylation is 1. The summed E-state index contributed by atoms with van der Waals surface area (Å²) in [6.45, 7) is 2.14. The molecule has 1 aromatic heterocycles. The number of benzene rings is 1. The van der Waals surface area contributed by atoms with Crippen molar-refractivity contribution >= 4 is 22.6 Å². The zero-order valence-electron chi connectivity index (χ0n) is 9.10. The molecule has 4 N–H and O–H groups in total. The second-order valence-corrected chi connectivity index (χ2v) is 3.68. The van der Waals surface area contributed by atoms with Crippen molar-refractivity contribution in [1.82, 2.24) is 9.55 Å². The van der Waals surface area contributed by atoms with Crippen LogP contribution in [0.4, 0.5) is 5.69 Å². The third kappa shape index (κ3) is 1.71. The minimum absolute atomic E-state index is 0.156. The average Bonchev–Trinajstić information content (AvgIpc) is 2.55. The largest absolute Gasteiger partial charge is 0.399 e. The van der Waals surface area contributed by atoms with Gasteiger partial charge in [0.1, 0.15) is 12.4 Å². The first-order valence-corrected chi connectivity index (χ1v) is 5.14. The molecule has 2 rings (SSSR count). The highest BCUT2D eigenvalue weighted by molar-refractivity contribution is 5.82. The fourth-order valence-corrected chi connectivity index (χ4v) is 1.80. The van der Waals surface area contributed by atoms with Crippen LogP contribution in [-0.2, 0) is 17.8 Å². The molecule has 0 aliphatic rings. The Morgan fingerprint density at radius 1 is 1.50 bits per heavy atom. The van der Waals surface area contributed by atoms with Crippen molar-refractivity contribution in [3.05, 3.63) is 24.0 Å². The molecule has 1 aromatic carbocycles. The topological polar surface area (TPSA) is 86.9 Å². The van der Waals surface area contributed by atoms with E-state index in [9.17, 15) is 4.79 Å². The van der Waals surface area contributed by atoms with Crippen molar-refractivity contribution in [2.45, 2.75) is 19.9 Å². The van der Waals surface area contributed by atoms with E-state index in [0.717, 1.165) is 23.3 Å². The van der Waals surface area contributed by atoms with Crippen molar-refractivity contribution < 1.29 is 4.79 Å². The van der Waals surface area contributed by atoms with Crippen molar-refractivity contribution in [1.29, 1.82) is 0 Å². The number of nitrogen functional groups attached to an aromatic ring is 1. The van der Waals surface area contributed by atoms with E-state index < -0.39 is 0 Å². The predicted octanol–water partition coefficient (Wildman–Crippen LogP) is 0.666. The van der Waals surface area contributed by atoms with Crippen LogP contribution in [0.2, 0.25) is 0 Å². The zero-order chi connectivity index (χ0) is 11.7. The van der Waals surface area contributed by atoms with Gasteiger partial charge in [-0.3, -0.25) is 4.79 Å². The van der Waals surface area contributed by atoms with Crippen LogP contribution in [0.15, 0.2) is 18.2 Å². The molecule has 1 heterocycles. The number of hydrogen-bond donors (Lipinski definition) is 2. The molecule has 0 saturated carbocycles. The molecule has 0 aliphatic carbocycles. The van der Waals surface area contributed by atoms with Gasteiger partial charge in [-0.1, -0.05) is 6.92 Å². The Morgan fingerprint density at radius 3 is 2.88 bits per heavy atom. The Morgan fingerprint density at radius 2 is 2.25 bits per heavy atom. The molecule has 0 bridgehead atoms. The highest BCUT2D eigenvalue weighted by Crippen LogP contribution is 2.19. The molecule has 0 spiro atoms. The molecule has 1 amide bonds. The molecule has 16 heavy (non-hydrogen) atoms. The average molecular weight is 218 g/mol. The normalized spacial score (nSPS) is 10.8. The third-order valence-corrected chi connectivity index (χ3v) is 2.48. The number of aromatic nitrogens is 2. The molecule has 5 heteroatoms. The Balaban J connectivity index is 2.63. The van der Waals surface area contributed by atoms with E-state index in [0.29, 0.717) is 5.69 Å². The molecule has 0 atom stereocenters. The molecule has 0 aliphatic heterocycles. The minimum atomic E-state index is -0.370. The number of carbonyl (C=O) groups is 1. The fraction of sp³-hybridized carbons (Fsp3) is 0.273. The number of primary amides is 1. The van der Waals surface area contributed by atoms with Gasteiger partial charge in [0.05, 0.1) is 11.0 Å². The van der Waals surface area contributed by atoms with Gasteiger partial charge in [-0.05, 0) is 18.2 Å². The predicted molar refractivity (Wildman–Crippen MR) is 62.7 cm³/mol. The van der Waals surface area contributed by atoms with E-state index >= 15 is 0 Å². The molecule has 84 valence electrons. The highest BCUT2D eigenvalue weighted by atomic mass is 16.1. The smallest absolute Gasteiger partial charge is 0.237 e. The molecule has 2 aromatic rings. The van der Waals surface area contributed by atoms with Crippen LogP contribution in [0.5, 0.6) is 0 Å². The zero-order valence-corrected chi connectivity index (χ0v) is 9.10. The van der Waals surface area contributed by atoms with Gasteiger partial charge in [0.2, 0.25) is 5.91 Å². The van der Waals surface area contributed by atoms with E-state index in [4.69, 9.17) is 11.5 Å². The number of imidazole rings is 1. The summed E-state index contributed by atoms with van der Waals surface area (Å²) < 4.78 is 1.83. The lowest BCUT2D eigenvalue weighted by Crippen LogP contribution is -2.19.